The monoisotopic (exact) mass is 642 g/mol. The van der Waals surface area contributed by atoms with Crippen LogP contribution in [-0.2, 0) is 29.2 Å². The lowest BCUT2D eigenvalue weighted by molar-refractivity contribution is -0.129. The largest absolute Gasteiger partial charge is 0.490 e. The van der Waals surface area contributed by atoms with E-state index in [0.717, 1.165) is 28.8 Å². The van der Waals surface area contributed by atoms with Gasteiger partial charge in [0.2, 0.25) is 5.91 Å². The average Bonchev–Trinajstić information content (AvgIpc) is 3.78. The van der Waals surface area contributed by atoms with Crippen molar-refractivity contribution in [2.24, 2.45) is 0 Å². The quantitative estimate of drug-likeness (QED) is 0.179. The van der Waals surface area contributed by atoms with Crippen molar-refractivity contribution in [3.8, 4) is 39.5 Å². The molecule has 2 aliphatic rings. The summed E-state index contributed by atoms with van der Waals surface area (Å²) in [6, 6.07) is 7.43. The van der Waals surface area contributed by atoms with Gasteiger partial charge in [-0.05, 0) is 36.6 Å². The van der Waals surface area contributed by atoms with Gasteiger partial charge < -0.3 is 19.7 Å². The molecule has 6 heterocycles. The number of rotatable bonds is 8. The summed E-state index contributed by atoms with van der Waals surface area (Å²) in [5.41, 5.74) is 4.34. The van der Waals surface area contributed by atoms with Gasteiger partial charge in [0.05, 0.1) is 36.6 Å². The normalized spacial score (nSPS) is 15.5. The number of methoxy groups -OCH3 is 1. The van der Waals surface area contributed by atoms with Gasteiger partial charge in [-0.2, -0.15) is 5.10 Å². The molecule has 10 nitrogen and oxygen atoms in total. The van der Waals surface area contributed by atoms with Gasteiger partial charge in [0.15, 0.2) is 0 Å². The maximum Gasteiger partial charge on any atom is 0.270 e. The zero-order valence-corrected chi connectivity index (χ0v) is 25.8. The maximum atomic E-state index is 16.0. The summed E-state index contributed by atoms with van der Waals surface area (Å²) in [5.74, 6) is -2.02. The smallest absolute Gasteiger partial charge is 0.270 e. The fourth-order valence-electron chi connectivity index (χ4n) is 5.99. The van der Waals surface area contributed by atoms with Crippen LogP contribution in [0.25, 0.3) is 43.9 Å². The number of nitrogens with one attached hydrogen (secondary N) is 1. The van der Waals surface area contributed by atoms with Crippen LogP contribution in [0.1, 0.15) is 28.7 Å². The van der Waals surface area contributed by atoms with Crippen molar-refractivity contribution in [1.29, 1.82) is 0 Å². The van der Waals surface area contributed by atoms with Crippen molar-refractivity contribution >= 4 is 33.2 Å². The molecule has 0 radical (unpaired) electrons. The minimum absolute atomic E-state index is 0.00387. The second-order valence-electron chi connectivity index (χ2n) is 11.1. The van der Waals surface area contributed by atoms with E-state index in [1.165, 1.54) is 24.5 Å². The summed E-state index contributed by atoms with van der Waals surface area (Å²) in [6.07, 6.45) is 2.89. The zero-order valence-electron chi connectivity index (χ0n) is 25.0. The van der Waals surface area contributed by atoms with Crippen LogP contribution in [0, 0.1) is 11.6 Å². The van der Waals surface area contributed by atoms with Gasteiger partial charge in [0.25, 0.3) is 5.91 Å². The minimum Gasteiger partial charge on any atom is -0.490 e. The maximum absolute atomic E-state index is 16.0. The number of carbonyl (C=O) groups excluding carboxylic acids is 2. The second kappa shape index (κ2) is 11.7. The number of nitrogens with zero attached hydrogens (tertiary/aromatic N) is 5. The highest BCUT2D eigenvalue weighted by molar-refractivity contribution is 7.18. The van der Waals surface area contributed by atoms with Crippen LogP contribution in [0.2, 0.25) is 0 Å². The SMILES string of the molecule is C=CC(=O)N1Cc2cc(-c3nc(-c4cnc5c(c4)CNC5=O)c4ccsc4c3-c3c(F)cc(F)cc3OCCOC)nn2C[C@H]1C. The molecule has 0 saturated heterocycles. The fraction of sp³-hybridized carbons (Fsp3) is 0.242. The van der Waals surface area contributed by atoms with Crippen molar-refractivity contribution in [3.63, 3.8) is 0 Å². The third kappa shape index (κ3) is 5.01. The Labute approximate surface area is 266 Å². The summed E-state index contributed by atoms with van der Waals surface area (Å²) in [5, 5.41) is 10.3. The van der Waals surface area contributed by atoms with E-state index in [0.29, 0.717) is 58.2 Å². The van der Waals surface area contributed by atoms with E-state index in [1.54, 1.807) is 11.1 Å². The molecule has 0 saturated carbocycles. The van der Waals surface area contributed by atoms with Gasteiger partial charge in [-0.1, -0.05) is 6.58 Å². The molecule has 0 unspecified atom stereocenters. The first kappa shape index (κ1) is 29.7. The molecule has 1 aromatic carbocycles. The van der Waals surface area contributed by atoms with E-state index in [4.69, 9.17) is 19.6 Å². The Kier molecular flexibility index (Phi) is 7.57. The molecule has 4 aromatic heterocycles. The van der Waals surface area contributed by atoms with Crippen LogP contribution in [0.15, 0.2) is 54.6 Å². The molecule has 46 heavy (non-hydrogen) atoms. The lowest BCUT2D eigenvalue weighted by Gasteiger charge is -2.33. The molecule has 2 amide bonds. The van der Waals surface area contributed by atoms with Gasteiger partial charge in [0.1, 0.15) is 41.1 Å². The molecular weight excluding hydrogens is 614 g/mol. The van der Waals surface area contributed by atoms with E-state index in [9.17, 15) is 14.0 Å². The summed E-state index contributed by atoms with van der Waals surface area (Å²) in [4.78, 5) is 36.0. The number of carbonyl (C=O) groups is 2. The zero-order chi connectivity index (χ0) is 32.1. The van der Waals surface area contributed by atoms with E-state index in [-0.39, 0.29) is 42.4 Å². The van der Waals surface area contributed by atoms with Crippen LogP contribution >= 0.6 is 11.3 Å². The Morgan fingerprint density at radius 3 is 2.83 bits per heavy atom. The predicted molar refractivity (Wildman–Crippen MR) is 168 cm³/mol. The van der Waals surface area contributed by atoms with E-state index < -0.39 is 11.6 Å². The Balaban J connectivity index is 1.48. The van der Waals surface area contributed by atoms with Crippen LogP contribution in [0.3, 0.4) is 0 Å². The molecule has 0 aliphatic carbocycles. The van der Waals surface area contributed by atoms with Crippen LogP contribution in [0.4, 0.5) is 8.78 Å². The number of hydrogen-bond acceptors (Lipinski definition) is 8. The number of hydrogen-bond donors (Lipinski definition) is 1. The summed E-state index contributed by atoms with van der Waals surface area (Å²) >= 11 is 1.38. The van der Waals surface area contributed by atoms with Crippen LogP contribution in [-0.4, -0.2) is 62.8 Å². The number of amides is 2. The Morgan fingerprint density at radius 2 is 2.02 bits per heavy atom. The third-order valence-electron chi connectivity index (χ3n) is 8.18. The predicted octanol–water partition coefficient (Wildman–Crippen LogP) is 5.35. The number of halogens is 2. The lowest BCUT2D eigenvalue weighted by Crippen LogP contribution is -2.44. The molecule has 0 bridgehead atoms. The number of benzene rings is 1. The van der Waals surface area contributed by atoms with Crippen molar-refractivity contribution in [2.75, 3.05) is 20.3 Å². The average molecular weight is 643 g/mol. The molecule has 0 fully saturated rings. The molecule has 13 heteroatoms. The molecule has 0 spiro atoms. The van der Waals surface area contributed by atoms with Crippen molar-refractivity contribution in [1.82, 2.24) is 30.0 Å². The van der Waals surface area contributed by atoms with E-state index in [1.807, 2.05) is 35.2 Å². The van der Waals surface area contributed by atoms with Crippen molar-refractivity contribution in [3.05, 3.63) is 83.1 Å². The van der Waals surface area contributed by atoms with E-state index in [2.05, 4.69) is 16.9 Å². The number of pyridine rings is 2. The topological polar surface area (TPSA) is 111 Å². The summed E-state index contributed by atoms with van der Waals surface area (Å²) in [7, 11) is 1.51. The van der Waals surface area contributed by atoms with Crippen molar-refractivity contribution < 1.29 is 27.8 Å². The molecule has 234 valence electrons. The first-order chi connectivity index (χ1) is 22.3. The molecular formula is C33H28F2N6O4S. The molecule has 1 N–H and O–H groups in total. The van der Waals surface area contributed by atoms with E-state index >= 15 is 4.39 Å². The van der Waals surface area contributed by atoms with Gasteiger partial charge in [0, 0.05) is 64.8 Å². The van der Waals surface area contributed by atoms with Crippen molar-refractivity contribution in [2.45, 2.75) is 32.6 Å². The van der Waals surface area contributed by atoms with Gasteiger partial charge in [-0.3, -0.25) is 19.3 Å². The molecule has 2 aliphatic heterocycles. The Hall–Kier alpha value is -5.01. The minimum atomic E-state index is -0.818. The van der Waals surface area contributed by atoms with Gasteiger partial charge in [-0.25, -0.2) is 13.8 Å². The Morgan fingerprint density at radius 1 is 1.17 bits per heavy atom. The number of ether oxygens (including phenoxy) is 2. The molecule has 5 aromatic rings. The fourth-order valence-corrected chi connectivity index (χ4v) is 6.94. The Bertz CT molecular complexity index is 2060. The third-order valence-corrected chi connectivity index (χ3v) is 9.11. The number of fused-ring (bicyclic) bond motifs is 3. The van der Waals surface area contributed by atoms with Gasteiger partial charge in [-0.15, -0.1) is 11.3 Å². The highest BCUT2D eigenvalue weighted by Crippen LogP contribution is 2.47. The first-order valence-corrected chi connectivity index (χ1v) is 15.4. The van der Waals surface area contributed by atoms with Crippen LogP contribution < -0.4 is 10.1 Å². The highest BCUT2D eigenvalue weighted by Gasteiger charge is 2.31. The van der Waals surface area contributed by atoms with Gasteiger partial charge >= 0.3 is 0 Å². The summed E-state index contributed by atoms with van der Waals surface area (Å²) in [6.45, 7) is 6.93. The summed E-state index contributed by atoms with van der Waals surface area (Å²) < 4.78 is 44.1. The molecule has 7 rings (SSSR count). The number of thiophene rings is 1. The first-order valence-electron chi connectivity index (χ1n) is 14.6. The molecule has 1 atom stereocenters. The van der Waals surface area contributed by atoms with Crippen LogP contribution in [0.5, 0.6) is 5.75 Å². The number of aromatic nitrogens is 4. The lowest BCUT2D eigenvalue weighted by atomic mass is 9.96. The standard InChI is InChI=1S/C33H28F2N6O4S/c1-4-26(42)40-16-21-12-24(39-41(21)15-17(40)2)31-28(27-23(35)10-20(34)11-25(27)45-7-6-44-3)32-22(5-8-46-32)29(38-31)18-9-19-14-37-33(43)30(19)36-13-18/h4-5,8-13,17H,1,6-7,14-16H2,2-3H3,(H,37,43)/t17-/m1/s1. The second-order valence-corrected chi connectivity index (χ2v) is 12.0. The highest BCUT2D eigenvalue weighted by atomic mass is 32.1.